The zero-order valence-corrected chi connectivity index (χ0v) is 13.8. The maximum absolute atomic E-state index is 12.5. The average Bonchev–Trinajstić information content (AvgIpc) is 2.46. The van der Waals surface area contributed by atoms with Crippen LogP contribution in [0.15, 0.2) is 60.5 Å². The summed E-state index contributed by atoms with van der Waals surface area (Å²) in [5.41, 5.74) is 4.35. The van der Waals surface area contributed by atoms with Gasteiger partial charge in [0.05, 0.1) is 0 Å². The molecule has 0 aromatic heterocycles. The maximum Gasteiger partial charge on any atom is 1.00 e. The molecule has 22 heavy (non-hydrogen) atoms. The van der Waals surface area contributed by atoms with Crippen LogP contribution < -0.4 is 28.9 Å². The molecule has 0 atom stereocenters. The van der Waals surface area contributed by atoms with E-state index < -0.39 is 0 Å². The van der Waals surface area contributed by atoms with E-state index in [-0.39, 0.29) is 30.2 Å². The monoisotopic (exact) mass is 285 g/mol. The summed E-state index contributed by atoms with van der Waals surface area (Å²) in [5.74, 6) is 0.0606. The normalized spacial score (nSPS) is 14.0. The molecule has 2 nitrogen and oxygen atoms in total. The third kappa shape index (κ3) is 2.95. The Kier molecular flexibility index (Phi) is 4.75. The number of fused-ring (bicyclic) bond motifs is 1. The molecular formula is C19H20LiNO. The minimum atomic E-state index is -0.0107. The third-order valence-electron chi connectivity index (χ3n) is 3.90. The van der Waals surface area contributed by atoms with E-state index in [9.17, 15) is 5.11 Å². The Morgan fingerprint density at radius 1 is 0.909 bits per heavy atom. The molecule has 0 saturated carbocycles. The van der Waals surface area contributed by atoms with Crippen LogP contribution in [-0.4, -0.2) is 0 Å². The van der Waals surface area contributed by atoms with Gasteiger partial charge in [0.25, 0.3) is 0 Å². The molecule has 1 aliphatic rings. The molecule has 0 bridgehead atoms. The van der Waals surface area contributed by atoms with Crippen LogP contribution in [0.4, 0.5) is 11.4 Å². The van der Waals surface area contributed by atoms with Gasteiger partial charge in [0, 0.05) is 11.4 Å². The van der Waals surface area contributed by atoms with Crippen molar-refractivity contribution in [2.45, 2.75) is 32.6 Å². The first-order valence-electron chi connectivity index (χ1n) is 7.33. The van der Waals surface area contributed by atoms with Gasteiger partial charge in [0.1, 0.15) is 0 Å². The molecule has 1 aliphatic heterocycles. The van der Waals surface area contributed by atoms with E-state index in [4.69, 9.17) is 0 Å². The van der Waals surface area contributed by atoms with Crippen molar-refractivity contribution in [1.82, 2.24) is 0 Å². The smallest absolute Gasteiger partial charge is 0.860 e. The molecule has 3 heteroatoms. The van der Waals surface area contributed by atoms with Crippen LogP contribution in [-0.2, 0) is 11.8 Å². The van der Waals surface area contributed by atoms with Gasteiger partial charge in [-0.05, 0) is 41.0 Å². The molecule has 108 valence electrons. The van der Waals surface area contributed by atoms with Crippen LogP contribution in [0.2, 0.25) is 0 Å². The van der Waals surface area contributed by atoms with Gasteiger partial charge >= 0.3 is 18.9 Å². The fourth-order valence-electron chi connectivity index (χ4n) is 2.86. The summed E-state index contributed by atoms with van der Waals surface area (Å²) in [7, 11) is 0. The van der Waals surface area contributed by atoms with Gasteiger partial charge in [0.15, 0.2) is 0 Å². The largest absolute Gasteiger partial charge is 1.00 e. The summed E-state index contributed by atoms with van der Waals surface area (Å²) in [6.07, 6.45) is 2.48. The standard InChI is InChI=1S/C19H21NO.Li/c1-19(2,3)15-9-5-7-11-17(15)20-16-10-6-4-8-14(16)12-13-18(20)21;/h4-11,13,21H,12H2,1-3H3;/q;+1/p-1. The molecule has 0 radical (unpaired) electrons. The molecule has 2 aromatic rings. The number of para-hydroxylation sites is 2. The summed E-state index contributed by atoms with van der Waals surface area (Å²) in [4.78, 5) is 1.85. The molecule has 1 heterocycles. The fraction of sp³-hybridized carbons (Fsp3) is 0.263. The maximum atomic E-state index is 12.5. The number of anilines is 2. The minimum absolute atomic E-state index is 0. The molecule has 0 saturated heterocycles. The Labute approximate surface area is 144 Å². The molecule has 0 amide bonds. The van der Waals surface area contributed by atoms with E-state index >= 15 is 0 Å². The average molecular weight is 285 g/mol. The Balaban J connectivity index is 0.00000176. The van der Waals surface area contributed by atoms with Crippen LogP contribution in [0, 0.1) is 0 Å². The van der Waals surface area contributed by atoms with Gasteiger partial charge in [-0.3, -0.25) is 0 Å². The number of hydrogen-bond donors (Lipinski definition) is 0. The second-order valence-electron chi connectivity index (χ2n) is 6.48. The summed E-state index contributed by atoms with van der Waals surface area (Å²) in [6, 6.07) is 16.3. The summed E-state index contributed by atoms with van der Waals surface area (Å²) >= 11 is 0. The van der Waals surface area contributed by atoms with Crippen molar-refractivity contribution in [3.8, 4) is 0 Å². The zero-order chi connectivity index (χ0) is 15.0. The van der Waals surface area contributed by atoms with Crippen molar-refractivity contribution >= 4 is 11.4 Å². The van der Waals surface area contributed by atoms with Crippen molar-refractivity contribution in [3.05, 3.63) is 71.6 Å². The van der Waals surface area contributed by atoms with Crippen LogP contribution in [0.3, 0.4) is 0 Å². The Hall–Kier alpha value is -1.62. The van der Waals surface area contributed by atoms with Gasteiger partial charge in [-0.2, -0.15) is 0 Å². The summed E-state index contributed by atoms with van der Waals surface area (Å²) in [5, 5.41) is 12.5. The van der Waals surface area contributed by atoms with Crippen LogP contribution in [0.1, 0.15) is 31.9 Å². The first-order chi connectivity index (χ1) is 9.98. The molecule has 0 unspecified atom stereocenters. The fourth-order valence-corrected chi connectivity index (χ4v) is 2.86. The van der Waals surface area contributed by atoms with Crippen molar-refractivity contribution < 1.29 is 24.0 Å². The predicted octanol–water partition coefficient (Wildman–Crippen LogP) is 0.884. The zero-order valence-electron chi connectivity index (χ0n) is 13.8. The molecular weight excluding hydrogens is 265 g/mol. The number of benzene rings is 2. The topological polar surface area (TPSA) is 26.3 Å². The van der Waals surface area contributed by atoms with Gasteiger partial charge in [0.2, 0.25) is 0 Å². The molecule has 0 spiro atoms. The molecule has 0 fully saturated rings. The molecule has 0 aliphatic carbocycles. The molecule has 3 rings (SSSR count). The quantitative estimate of drug-likeness (QED) is 0.727. The van der Waals surface area contributed by atoms with Crippen molar-refractivity contribution in [2.24, 2.45) is 0 Å². The Morgan fingerprint density at radius 3 is 2.18 bits per heavy atom. The van der Waals surface area contributed by atoms with E-state index in [0.29, 0.717) is 6.42 Å². The number of allylic oxidation sites excluding steroid dienone is 1. The van der Waals surface area contributed by atoms with Crippen LogP contribution >= 0.6 is 0 Å². The molecule has 0 N–H and O–H groups in total. The third-order valence-corrected chi connectivity index (χ3v) is 3.90. The van der Waals surface area contributed by atoms with Crippen LogP contribution in [0.5, 0.6) is 0 Å². The van der Waals surface area contributed by atoms with E-state index in [1.807, 2.05) is 41.3 Å². The minimum Gasteiger partial charge on any atom is -0.860 e. The van der Waals surface area contributed by atoms with E-state index in [2.05, 4.69) is 32.9 Å². The van der Waals surface area contributed by atoms with E-state index in [1.54, 1.807) is 6.08 Å². The van der Waals surface area contributed by atoms with Crippen molar-refractivity contribution in [3.63, 3.8) is 0 Å². The van der Waals surface area contributed by atoms with Gasteiger partial charge < -0.3 is 10.0 Å². The van der Waals surface area contributed by atoms with Crippen molar-refractivity contribution in [1.29, 1.82) is 0 Å². The SMILES string of the molecule is CC(C)(C)c1ccccc1N1C([O-])=CCc2ccccc21.[Li+]. The predicted molar refractivity (Wildman–Crippen MR) is 85.5 cm³/mol. The van der Waals surface area contributed by atoms with Gasteiger partial charge in [-0.15, -0.1) is 0 Å². The first-order valence-corrected chi connectivity index (χ1v) is 7.33. The van der Waals surface area contributed by atoms with Crippen LogP contribution in [0.25, 0.3) is 0 Å². The van der Waals surface area contributed by atoms with Crippen molar-refractivity contribution in [2.75, 3.05) is 4.90 Å². The Bertz CT molecular complexity index is 701. The van der Waals surface area contributed by atoms with E-state index in [0.717, 1.165) is 11.4 Å². The summed E-state index contributed by atoms with van der Waals surface area (Å²) in [6.45, 7) is 6.53. The first kappa shape index (κ1) is 16.7. The second-order valence-corrected chi connectivity index (χ2v) is 6.48. The molecule has 2 aromatic carbocycles. The second kappa shape index (κ2) is 6.24. The number of hydrogen-bond acceptors (Lipinski definition) is 2. The van der Waals surface area contributed by atoms with Gasteiger partial charge in [-0.1, -0.05) is 63.2 Å². The number of nitrogens with zero attached hydrogens (tertiary/aromatic N) is 1. The summed E-state index contributed by atoms with van der Waals surface area (Å²) < 4.78 is 0. The van der Waals surface area contributed by atoms with Gasteiger partial charge in [-0.25, -0.2) is 0 Å². The van der Waals surface area contributed by atoms with E-state index in [1.165, 1.54) is 11.1 Å². The Morgan fingerprint density at radius 2 is 1.50 bits per heavy atom. The number of rotatable bonds is 1.